The lowest BCUT2D eigenvalue weighted by Crippen LogP contribution is -2.52. The van der Waals surface area contributed by atoms with E-state index in [2.05, 4.69) is 0 Å². The van der Waals surface area contributed by atoms with Crippen molar-refractivity contribution in [3.05, 3.63) is 35.9 Å². The number of esters is 2. The van der Waals surface area contributed by atoms with Crippen molar-refractivity contribution < 1.29 is 29.0 Å². The van der Waals surface area contributed by atoms with Crippen LogP contribution in [0.1, 0.15) is 59.4 Å². The Kier molecular flexibility index (Phi) is 7.79. The molecule has 6 heteroatoms. The molecule has 6 nitrogen and oxygen atoms in total. The minimum absolute atomic E-state index is 0.0428. The molecule has 1 rings (SSSR count). The van der Waals surface area contributed by atoms with Crippen LogP contribution < -0.4 is 0 Å². The van der Waals surface area contributed by atoms with E-state index in [-0.39, 0.29) is 19.4 Å². The quantitative estimate of drug-likeness (QED) is 0.600. The van der Waals surface area contributed by atoms with E-state index in [4.69, 9.17) is 9.47 Å². The number of carbonyl (C=O) groups is 3. The van der Waals surface area contributed by atoms with Crippen molar-refractivity contribution in [1.82, 2.24) is 0 Å². The first kappa shape index (κ1) is 23.7. The van der Waals surface area contributed by atoms with E-state index in [0.717, 1.165) is 5.56 Å². The fourth-order valence-electron chi connectivity index (χ4n) is 3.51. The van der Waals surface area contributed by atoms with Gasteiger partial charge in [0.15, 0.2) is 0 Å². The fraction of sp³-hybridized carbons (Fsp3) is 0.591. The summed E-state index contributed by atoms with van der Waals surface area (Å²) in [5.74, 6) is -2.22. The third kappa shape index (κ3) is 4.54. The third-order valence-corrected chi connectivity index (χ3v) is 6.26. The van der Waals surface area contributed by atoms with Crippen LogP contribution in [-0.2, 0) is 30.5 Å². The summed E-state index contributed by atoms with van der Waals surface area (Å²) in [6.07, 6.45) is 0.602. The van der Waals surface area contributed by atoms with Crippen molar-refractivity contribution in [1.29, 1.82) is 0 Å². The zero-order valence-corrected chi connectivity index (χ0v) is 17.7. The number of carboxylic acids is 1. The number of rotatable bonds is 10. The number of aliphatic carboxylic acids is 1. The summed E-state index contributed by atoms with van der Waals surface area (Å²) in [7, 11) is 1.24. The average Bonchev–Trinajstić information content (AvgIpc) is 2.70. The van der Waals surface area contributed by atoms with Crippen LogP contribution in [0.15, 0.2) is 30.3 Å². The van der Waals surface area contributed by atoms with E-state index < -0.39 is 34.2 Å². The summed E-state index contributed by atoms with van der Waals surface area (Å²) in [5, 5.41) is 10.0. The molecule has 0 aliphatic carbocycles. The minimum atomic E-state index is -1.51. The lowest BCUT2D eigenvalue weighted by atomic mass is 9.57. The van der Waals surface area contributed by atoms with Gasteiger partial charge >= 0.3 is 17.9 Å². The van der Waals surface area contributed by atoms with Gasteiger partial charge in [-0.3, -0.25) is 14.4 Å². The number of ether oxygens (including phenoxy) is 2. The molecular weight excluding hydrogens is 360 g/mol. The second-order valence-electron chi connectivity index (χ2n) is 7.97. The highest BCUT2D eigenvalue weighted by Crippen LogP contribution is 2.51. The zero-order chi connectivity index (χ0) is 21.6. The monoisotopic (exact) mass is 392 g/mol. The first-order valence-corrected chi connectivity index (χ1v) is 9.53. The van der Waals surface area contributed by atoms with Crippen LogP contribution in [0, 0.1) is 16.2 Å². The molecule has 0 amide bonds. The molecule has 0 bridgehead atoms. The predicted octanol–water partition coefficient (Wildman–Crippen LogP) is 4.22. The van der Waals surface area contributed by atoms with E-state index in [0.29, 0.717) is 6.42 Å². The van der Waals surface area contributed by atoms with Gasteiger partial charge in [-0.15, -0.1) is 0 Å². The van der Waals surface area contributed by atoms with E-state index >= 15 is 0 Å². The maximum atomic E-state index is 12.9. The first-order valence-electron chi connectivity index (χ1n) is 9.53. The maximum absolute atomic E-state index is 12.9. The van der Waals surface area contributed by atoms with Crippen LogP contribution in [0.25, 0.3) is 0 Å². The topological polar surface area (TPSA) is 89.9 Å². The summed E-state index contributed by atoms with van der Waals surface area (Å²) in [6.45, 7) is 8.45. The van der Waals surface area contributed by atoms with Gasteiger partial charge in [0.2, 0.25) is 0 Å². The van der Waals surface area contributed by atoms with Crippen molar-refractivity contribution in [2.45, 2.75) is 60.5 Å². The number of benzene rings is 1. The SMILES string of the molecule is CCC(C)(CC(C)(C(=O)O)C(C)(CC)C(=O)OC)C(=O)OCc1ccccc1. The van der Waals surface area contributed by atoms with Gasteiger partial charge in [0.1, 0.15) is 6.61 Å². The van der Waals surface area contributed by atoms with Crippen LogP contribution in [0.3, 0.4) is 0 Å². The number of hydrogen-bond donors (Lipinski definition) is 1. The molecule has 1 aromatic rings. The molecule has 0 aromatic heterocycles. The van der Waals surface area contributed by atoms with Crippen LogP contribution in [0.2, 0.25) is 0 Å². The van der Waals surface area contributed by atoms with Crippen LogP contribution in [0.5, 0.6) is 0 Å². The zero-order valence-electron chi connectivity index (χ0n) is 17.7. The van der Waals surface area contributed by atoms with Crippen LogP contribution in [0.4, 0.5) is 0 Å². The summed E-state index contributed by atoms with van der Waals surface area (Å²) in [6, 6.07) is 9.28. The highest BCUT2D eigenvalue weighted by atomic mass is 16.5. The second-order valence-corrected chi connectivity index (χ2v) is 7.97. The van der Waals surface area contributed by atoms with E-state index in [1.807, 2.05) is 37.3 Å². The van der Waals surface area contributed by atoms with Crippen LogP contribution >= 0.6 is 0 Å². The average molecular weight is 392 g/mol. The number of hydrogen-bond acceptors (Lipinski definition) is 5. The van der Waals surface area contributed by atoms with Gasteiger partial charge in [-0.1, -0.05) is 44.2 Å². The van der Waals surface area contributed by atoms with Gasteiger partial charge in [-0.2, -0.15) is 0 Å². The second kappa shape index (κ2) is 9.22. The van der Waals surface area contributed by atoms with Gasteiger partial charge in [0, 0.05) is 0 Å². The van der Waals surface area contributed by atoms with E-state index in [1.165, 1.54) is 14.0 Å². The lowest BCUT2D eigenvalue weighted by Gasteiger charge is -2.44. The Morgan fingerprint density at radius 2 is 1.50 bits per heavy atom. The molecule has 0 radical (unpaired) electrons. The van der Waals surface area contributed by atoms with Crippen molar-refractivity contribution in [3.8, 4) is 0 Å². The minimum Gasteiger partial charge on any atom is -0.481 e. The Morgan fingerprint density at radius 1 is 0.929 bits per heavy atom. The molecule has 0 saturated heterocycles. The molecule has 0 spiro atoms. The van der Waals surface area contributed by atoms with Gasteiger partial charge < -0.3 is 14.6 Å². The predicted molar refractivity (Wildman–Crippen MR) is 105 cm³/mol. The molecule has 3 unspecified atom stereocenters. The first-order chi connectivity index (χ1) is 13.0. The van der Waals surface area contributed by atoms with Crippen molar-refractivity contribution in [2.24, 2.45) is 16.2 Å². The summed E-state index contributed by atoms with van der Waals surface area (Å²) < 4.78 is 10.4. The van der Waals surface area contributed by atoms with Gasteiger partial charge in [-0.05, 0) is 45.6 Å². The smallest absolute Gasteiger partial charge is 0.312 e. The Balaban J connectivity index is 3.17. The number of methoxy groups -OCH3 is 1. The molecule has 3 atom stereocenters. The van der Waals surface area contributed by atoms with Gasteiger partial charge in [0.25, 0.3) is 0 Å². The van der Waals surface area contributed by atoms with Crippen molar-refractivity contribution >= 4 is 17.9 Å². The highest BCUT2D eigenvalue weighted by molar-refractivity contribution is 5.88. The van der Waals surface area contributed by atoms with Crippen molar-refractivity contribution in [2.75, 3.05) is 7.11 Å². The number of carboxylic acid groups (broad SMARTS) is 1. The Hall–Kier alpha value is -2.37. The Morgan fingerprint density at radius 3 is 1.93 bits per heavy atom. The molecule has 0 fully saturated rings. The molecule has 1 N–H and O–H groups in total. The van der Waals surface area contributed by atoms with Crippen LogP contribution in [-0.4, -0.2) is 30.1 Å². The lowest BCUT2D eigenvalue weighted by molar-refractivity contribution is -0.181. The van der Waals surface area contributed by atoms with E-state index in [1.54, 1.807) is 20.8 Å². The molecular formula is C22H32O6. The fourth-order valence-corrected chi connectivity index (χ4v) is 3.51. The highest BCUT2D eigenvalue weighted by Gasteiger charge is 2.58. The third-order valence-electron chi connectivity index (χ3n) is 6.26. The van der Waals surface area contributed by atoms with Gasteiger partial charge in [0.05, 0.1) is 23.4 Å². The molecule has 0 saturated carbocycles. The molecule has 0 aliphatic heterocycles. The Labute approximate surface area is 167 Å². The van der Waals surface area contributed by atoms with Gasteiger partial charge in [-0.25, -0.2) is 0 Å². The summed E-state index contributed by atoms with van der Waals surface area (Å²) >= 11 is 0. The molecule has 1 aromatic carbocycles. The summed E-state index contributed by atoms with van der Waals surface area (Å²) in [5.41, 5.74) is -3.01. The maximum Gasteiger partial charge on any atom is 0.312 e. The van der Waals surface area contributed by atoms with E-state index in [9.17, 15) is 19.5 Å². The standard InChI is InChI=1S/C22H32O6/c1-7-20(3,18(25)28-14-16-12-10-9-11-13-16)15-22(5,17(23)24)21(4,8-2)19(26)27-6/h9-13H,7-8,14-15H2,1-6H3,(H,23,24). The van der Waals surface area contributed by atoms with Crippen molar-refractivity contribution in [3.63, 3.8) is 0 Å². The molecule has 0 heterocycles. The normalized spacial score (nSPS) is 17.5. The largest absolute Gasteiger partial charge is 0.481 e. The Bertz CT molecular complexity index is 700. The molecule has 0 aliphatic rings. The molecule has 28 heavy (non-hydrogen) atoms. The molecule has 156 valence electrons. The summed E-state index contributed by atoms with van der Waals surface area (Å²) in [4.78, 5) is 37.6. The number of carbonyl (C=O) groups excluding carboxylic acids is 2.